The van der Waals surface area contributed by atoms with Gasteiger partial charge in [0.25, 0.3) is 11.5 Å². The Labute approximate surface area is 137 Å². The number of nitrogen functional groups attached to an aromatic ring is 1. The van der Waals surface area contributed by atoms with Crippen LogP contribution in [0.5, 0.6) is 0 Å². The number of nitrogens with one attached hydrogen (secondary N) is 1. The minimum atomic E-state index is -0.574. The standard InChI is InChI=1S/C17H15N5O2/c18-15-14(19-8-9-20-15)16(23)21-13-7-4-10-22(17(13)24)11-12-5-2-1-3-6-12/h1-10H,11H2,(H2,18,20)(H,21,23). The summed E-state index contributed by atoms with van der Waals surface area (Å²) < 4.78 is 1.52. The highest BCUT2D eigenvalue weighted by molar-refractivity contribution is 6.05. The third-order valence-electron chi connectivity index (χ3n) is 3.41. The molecular formula is C17H15N5O2. The fraction of sp³-hybridized carbons (Fsp3) is 0.0588. The molecule has 0 bridgehead atoms. The molecule has 0 fully saturated rings. The van der Waals surface area contributed by atoms with Crippen LogP contribution in [0.2, 0.25) is 0 Å². The van der Waals surface area contributed by atoms with Crippen molar-refractivity contribution in [2.75, 3.05) is 11.1 Å². The Kier molecular flexibility index (Phi) is 4.33. The van der Waals surface area contributed by atoms with Gasteiger partial charge in [0.05, 0.1) is 6.54 Å². The first kappa shape index (κ1) is 15.4. The van der Waals surface area contributed by atoms with Crippen LogP contribution in [-0.4, -0.2) is 20.4 Å². The van der Waals surface area contributed by atoms with E-state index in [0.29, 0.717) is 6.54 Å². The molecule has 0 aliphatic rings. The Bertz CT molecular complexity index is 922. The zero-order chi connectivity index (χ0) is 16.9. The van der Waals surface area contributed by atoms with Crippen molar-refractivity contribution in [2.24, 2.45) is 0 Å². The smallest absolute Gasteiger partial charge is 0.278 e. The average molecular weight is 321 g/mol. The summed E-state index contributed by atoms with van der Waals surface area (Å²) in [5, 5.41) is 2.54. The van der Waals surface area contributed by atoms with Gasteiger partial charge in [0, 0.05) is 18.6 Å². The first-order valence-electron chi connectivity index (χ1n) is 7.26. The molecule has 0 saturated heterocycles. The van der Waals surface area contributed by atoms with Crippen LogP contribution >= 0.6 is 0 Å². The van der Waals surface area contributed by atoms with Gasteiger partial charge in [-0.05, 0) is 17.7 Å². The van der Waals surface area contributed by atoms with Crippen molar-refractivity contribution in [3.05, 3.63) is 82.7 Å². The number of anilines is 2. The molecule has 2 aromatic heterocycles. The summed E-state index contributed by atoms with van der Waals surface area (Å²) in [4.78, 5) is 32.4. The van der Waals surface area contributed by atoms with Crippen LogP contribution < -0.4 is 16.6 Å². The maximum absolute atomic E-state index is 12.5. The van der Waals surface area contributed by atoms with Gasteiger partial charge in [-0.25, -0.2) is 9.97 Å². The van der Waals surface area contributed by atoms with Crippen LogP contribution in [0.3, 0.4) is 0 Å². The van der Waals surface area contributed by atoms with Crippen LogP contribution in [-0.2, 0) is 6.54 Å². The van der Waals surface area contributed by atoms with E-state index in [2.05, 4.69) is 15.3 Å². The van der Waals surface area contributed by atoms with E-state index in [4.69, 9.17) is 5.73 Å². The molecule has 0 unspecified atom stereocenters. The first-order chi connectivity index (χ1) is 11.6. The van der Waals surface area contributed by atoms with Crippen molar-refractivity contribution in [3.63, 3.8) is 0 Å². The molecule has 7 nitrogen and oxygen atoms in total. The van der Waals surface area contributed by atoms with Crippen LogP contribution in [0.25, 0.3) is 0 Å². The zero-order valence-corrected chi connectivity index (χ0v) is 12.7. The predicted octanol–water partition coefficient (Wildman–Crippen LogP) is 1.52. The Balaban J connectivity index is 1.85. The maximum atomic E-state index is 12.5. The number of aromatic nitrogens is 3. The van der Waals surface area contributed by atoms with E-state index < -0.39 is 5.91 Å². The molecule has 120 valence electrons. The fourth-order valence-electron chi connectivity index (χ4n) is 2.24. The monoisotopic (exact) mass is 321 g/mol. The van der Waals surface area contributed by atoms with Crippen molar-refractivity contribution in [2.45, 2.75) is 6.54 Å². The lowest BCUT2D eigenvalue weighted by atomic mass is 10.2. The summed E-state index contributed by atoms with van der Waals surface area (Å²) in [5.74, 6) is -0.564. The topological polar surface area (TPSA) is 103 Å². The molecule has 0 aliphatic carbocycles. The van der Waals surface area contributed by atoms with Gasteiger partial charge in [0.15, 0.2) is 11.5 Å². The van der Waals surface area contributed by atoms with E-state index in [1.54, 1.807) is 12.3 Å². The van der Waals surface area contributed by atoms with Crippen molar-refractivity contribution >= 4 is 17.4 Å². The minimum Gasteiger partial charge on any atom is -0.382 e. The number of carbonyl (C=O) groups excluding carboxylic acids is 1. The van der Waals surface area contributed by atoms with Gasteiger partial charge in [-0.1, -0.05) is 30.3 Å². The molecule has 3 aromatic rings. The van der Waals surface area contributed by atoms with Crippen LogP contribution in [0.1, 0.15) is 16.1 Å². The summed E-state index contributed by atoms with van der Waals surface area (Å²) in [6, 6.07) is 12.8. The van der Waals surface area contributed by atoms with E-state index in [1.807, 2.05) is 30.3 Å². The van der Waals surface area contributed by atoms with E-state index in [1.165, 1.54) is 23.0 Å². The summed E-state index contributed by atoms with van der Waals surface area (Å²) >= 11 is 0. The summed E-state index contributed by atoms with van der Waals surface area (Å²) in [5.41, 5.74) is 6.44. The Hall–Kier alpha value is -3.48. The molecule has 1 aromatic carbocycles. The molecular weight excluding hydrogens is 306 g/mol. The molecule has 7 heteroatoms. The predicted molar refractivity (Wildman–Crippen MR) is 90.6 cm³/mol. The molecule has 0 atom stereocenters. The van der Waals surface area contributed by atoms with E-state index in [-0.39, 0.29) is 22.8 Å². The van der Waals surface area contributed by atoms with E-state index in [0.717, 1.165) is 5.56 Å². The minimum absolute atomic E-state index is 0.00976. The number of nitrogens with zero attached hydrogens (tertiary/aromatic N) is 3. The van der Waals surface area contributed by atoms with Crippen LogP contribution in [0.15, 0.2) is 65.8 Å². The number of hydrogen-bond donors (Lipinski definition) is 2. The average Bonchev–Trinajstić information content (AvgIpc) is 2.60. The highest BCUT2D eigenvalue weighted by Gasteiger charge is 2.14. The van der Waals surface area contributed by atoms with Crippen LogP contribution in [0, 0.1) is 0 Å². The number of pyridine rings is 1. The second-order valence-corrected chi connectivity index (χ2v) is 5.08. The summed E-state index contributed by atoms with van der Waals surface area (Å²) in [6.07, 6.45) is 4.42. The number of carbonyl (C=O) groups is 1. The third-order valence-corrected chi connectivity index (χ3v) is 3.41. The van der Waals surface area contributed by atoms with Gasteiger partial charge in [0.2, 0.25) is 0 Å². The Morgan fingerprint density at radius 3 is 2.58 bits per heavy atom. The summed E-state index contributed by atoms with van der Waals surface area (Å²) in [6.45, 7) is 0.413. The lowest BCUT2D eigenvalue weighted by Crippen LogP contribution is -2.26. The van der Waals surface area contributed by atoms with Gasteiger partial charge >= 0.3 is 0 Å². The normalized spacial score (nSPS) is 10.3. The summed E-state index contributed by atoms with van der Waals surface area (Å²) in [7, 11) is 0. The Morgan fingerprint density at radius 2 is 1.83 bits per heavy atom. The van der Waals surface area contributed by atoms with Gasteiger partial charge in [-0.15, -0.1) is 0 Å². The SMILES string of the molecule is Nc1nccnc1C(=O)Nc1cccn(Cc2ccccc2)c1=O. The van der Waals surface area contributed by atoms with Crippen molar-refractivity contribution < 1.29 is 4.79 Å². The van der Waals surface area contributed by atoms with Crippen molar-refractivity contribution in [1.82, 2.24) is 14.5 Å². The molecule has 24 heavy (non-hydrogen) atoms. The maximum Gasteiger partial charge on any atom is 0.278 e. The van der Waals surface area contributed by atoms with Crippen molar-refractivity contribution in [3.8, 4) is 0 Å². The molecule has 0 saturated carbocycles. The first-order valence-corrected chi connectivity index (χ1v) is 7.26. The zero-order valence-electron chi connectivity index (χ0n) is 12.7. The lowest BCUT2D eigenvalue weighted by molar-refractivity contribution is 0.102. The number of hydrogen-bond acceptors (Lipinski definition) is 5. The second-order valence-electron chi connectivity index (χ2n) is 5.08. The largest absolute Gasteiger partial charge is 0.382 e. The molecule has 3 N–H and O–H groups in total. The number of amides is 1. The number of nitrogens with two attached hydrogens (primary N) is 1. The van der Waals surface area contributed by atoms with Crippen molar-refractivity contribution in [1.29, 1.82) is 0 Å². The molecule has 0 aliphatic heterocycles. The fourth-order valence-corrected chi connectivity index (χ4v) is 2.24. The molecule has 3 rings (SSSR count). The van der Waals surface area contributed by atoms with Crippen LogP contribution in [0.4, 0.5) is 11.5 Å². The third kappa shape index (κ3) is 3.30. The Morgan fingerprint density at radius 1 is 1.08 bits per heavy atom. The highest BCUT2D eigenvalue weighted by atomic mass is 16.2. The molecule has 1 amide bonds. The van der Waals surface area contributed by atoms with Gasteiger partial charge < -0.3 is 15.6 Å². The second kappa shape index (κ2) is 6.74. The van der Waals surface area contributed by atoms with Gasteiger partial charge in [-0.2, -0.15) is 0 Å². The van der Waals surface area contributed by atoms with E-state index in [9.17, 15) is 9.59 Å². The number of rotatable bonds is 4. The number of benzene rings is 1. The van der Waals surface area contributed by atoms with Gasteiger partial charge in [-0.3, -0.25) is 9.59 Å². The molecule has 0 radical (unpaired) electrons. The lowest BCUT2D eigenvalue weighted by Gasteiger charge is -2.09. The quantitative estimate of drug-likeness (QED) is 0.758. The van der Waals surface area contributed by atoms with E-state index >= 15 is 0 Å². The van der Waals surface area contributed by atoms with Gasteiger partial charge in [0.1, 0.15) is 5.69 Å². The molecule has 0 spiro atoms. The highest BCUT2D eigenvalue weighted by Crippen LogP contribution is 2.08. The molecule has 2 heterocycles.